The minimum atomic E-state index is 0.104. The largest absolute Gasteiger partial charge is 0.451 e. The van der Waals surface area contributed by atoms with E-state index in [-0.39, 0.29) is 12.1 Å². The summed E-state index contributed by atoms with van der Waals surface area (Å²) in [5.41, 5.74) is 5.94. The highest BCUT2D eigenvalue weighted by atomic mass is 79.9. The van der Waals surface area contributed by atoms with Gasteiger partial charge in [0.25, 0.3) is 0 Å². The van der Waals surface area contributed by atoms with E-state index in [1.165, 1.54) is 0 Å². The molecule has 0 radical (unpaired) electrons. The Morgan fingerprint density at radius 1 is 1.58 bits per heavy atom. The van der Waals surface area contributed by atoms with Crippen molar-refractivity contribution in [3.8, 4) is 0 Å². The third-order valence-electron chi connectivity index (χ3n) is 3.88. The number of piperidine rings is 1. The molecule has 0 saturated carbocycles. The Balaban J connectivity index is 2.13. The molecular formula is C13H20Br2N2O2. The monoisotopic (exact) mass is 394 g/mol. The van der Waals surface area contributed by atoms with Crippen LogP contribution in [0.2, 0.25) is 0 Å². The molecule has 1 aliphatic heterocycles. The smallest absolute Gasteiger partial charge is 0.183 e. The summed E-state index contributed by atoms with van der Waals surface area (Å²) in [5.74, 6) is 1.49. The van der Waals surface area contributed by atoms with Crippen molar-refractivity contribution < 1.29 is 9.15 Å². The summed E-state index contributed by atoms with van der Waals surface area (Å²) in [6, 6.07) is 2.09. The Hall–Kier alpha value is 0.120. The van der Waals surface area contributed by atoms with E-state index in [1.807, 2.05) is 6.07 Å². The highest BCUT2D eigenvalue weighted by molar-refractivity contribution is 9.13. The number of rotatable bonds is 4. The molecule has 0 spiro atoms. The number of nitrogens with two attached hydrogens (primary N) is 1. The van der Waals surface area contributed by atoms with E-state index < -0.39 is 0 Å². The highest BCUT2D eigenvalue weighted by Gasteiger charge is 2.32. The average molecular weight is 396 g/mol. The molecule has 1 saturated heterocycles. The normalized spacial score (nSPS) is 26.6. The van der Waals surface area contributed by atoms with Gasteiger partial charge in [0.05, 0.1) is 16.6 Å². The molecule has 2 rings (SSSR count). The molecule has 0 aromatic carbocycles. The second-order valence-corrected chi connectivity index (χ2v) is 6.63. The maximum atomic E-state index is 5.94. The quantitative estimate of drug-likeness (QED) is 0.850. The zero-order chi connectivity index (χ0) is 14.0. The predicted molar refractivity (Wildman–Crippen MR) is 82.1 cm³/mol. The van der Waals surface area contributed by atoms with Crippen molar-refractivity contribution in [1.29, 1.82) is 0 Å². The van der Waals surface area contributed by atoms with E-state index in [0.717, 1.165) is 34.4 Å². The third-order valence-corrected chi connectivity index (χ3v) is 5.59. The molecule has 0 bridgehead atoms. The first-order valence-corrected chi connectivity index (χ1v) is 8.07. The Morgan fingerprint density at radius 2 is 2.32 bits per heavy atom. The lowest BCUT2D eigenvalue weighted by Gasteiger charge is -2.39. The maximum absolute atomic E-state index is 5.94. The fourth-order valence-electron chi connectivity index (χ4n) is 2.62. The molecular weight excluding hydrogens is 376 g/mol. The molecule has 2 heterocycles. The van der Waals surface area contributed by atoms with Crippen molar-refractivity contribution in [1.82, 2.24) is 4.90 Å². The van der Waals surface area contributed by atoms with Crippen LogP contribution in [-0.4, -0.2) is 37.7 Å². The van der Waals surface area contributed by atoms with E-state index >= 15 is 0 Å². The van der Waals surface area contributed by atoms with Gasteiger partial charge in [-0.1, -0.05) is 6.92 Å². The van der Waals surface area contributed by atoms with Gasteiger partial charge in [-0.15, -0.1) is 0 Å². The van der Waals surface area contributed by atoms with Crippen molar-refractivity contribution >= 4 is 31.9 Å². The van der Waals surface area contributed by atoms with Gasteiger partial charge in [-0.3, -0.25) is 4.90 Å². The van der Waals surface area contributed by atoms with Gasteiger partial charge < -0.3 is 14.9 Å². The van der Waals surface area contributed by atoms with Crippen LogP contribution in [0.15, 0.2) is 19.6 Å². The second-order valence-electron chi connectivity index (χ2n) is 5.06. The Kier molecular flexibility index (Phi) is 5.48. The number of likely N-dealkylation sites (tertiary alicyclic amines) is 1. The van der Waals surface area contributed by atoms with Crippen LogP contribution in [0.1, 0.15) is 25.1 Å². The summed E-state index contributed by atoms with van der Waals surface area (Å²) in [5, 5.41) is 0. The summed E-state index contributed by atoms with van der Waals surface area (Å²) in [6.07, 6.45) is 1.39. The van der Waals surface area contributed by atoms with Gasteiger partial charge in [0.2, 0.25) is 0 Å². The molecule has 1 aromatic rings. The van der Waals surface area contributed by atoms with Gasteiger partial charge in [-0.25, -0.2) is 0 Å². The summed E-state index contributed by atoms with van der Waals surface area (Å²) < 4.78 is 12.9. The number of ether oxygens (including phenoxy) is 1. The first-order chi connectivity index (χ1) is 9.06. The fourth-order valence-corrected chi connectivity index (χ4v) is 3.23. The Morgan fingerprint density at radius 3 is 2.84 bits per heavy atom. The summed E-state index contributed by atoms with van der Waals surface area (Å²) >= 11 is 6.82. The van der Waals surface area contributed by atoms with Gasteiger partial charge in [0.1, 0.15) is 5.76 Å². The van der Waals surface area contributed by atoms with Crippen LogP contribution in [0.5, 0.6) is 0 Å². The van der Waals surface area contributed by atoms with Crippen LogP contribution >= 0.6 is 31.9 Å². The van der Waals surface area contributed by atoms with Crippen molar-refractivity contribution in [2.24, 2.45) is 11.7 Å². The van der Waals surface area contributed by atoms with Crippen molar-refractivity contribution in [2.75, 3.05) is 26.7 Å². The predicted octanol–water partition coefficient (Wildman–Crippen LogP) is 3.16. The summed E-state index contributed by atoms with van der Waals surface area (Å²) in [7, 11) is 1.78. The van der Waals surface area contributed by atoms with Crippen LogP contribution in [0.4, 0.5) is 0 Å². The lowest BCUT2D eigenvalue weighted by atomic mass is 9.94. The van der Waals surface area contributed by atoms with Gasteiger partial charge in [0.15, 0.2) is 4.67 Å². The molecule has 3 atom stereocenters. The molecule has 6 heteroatoms. The molecule has 1 aliphatic rings. The van der Waals surface area contributed by atoms with Crippen molar-refractivity contribution in [3.05, 3.63) is 21.0 Å². The molecule has 19 heavy (non-hydrogen) atoms. The second kappa shape index (κ2) is 6.72. The van der Waals surface area contributed by atoms with Crippen molar-refractivity contribution in [3.63, 3.8) is 0 Å². The Labute approximate surface area is 130 Å². The Bertz CT molecular complexity index is 405. The maximum Gasteiger partial charge on any atom is 0.183 e. The number of nitrogens with zero attached hydrogens (tertiary/aromatic N) is 1. The van der Waals surface area contributed by atoms with Crippen LogP contribution in [0.3, 0.4) is 0 Å². The molecule has 108 valence electrons. The highest BCUT2D eigenvalue weighted by Crippen LogP contribution is 2.33. The van der Waals surface area contributed by atoms with E-state index in [1.54, 1.807) is 7.11 Å². The minimum absolute atomic E-state index is 0.104. The zero-order valence-corrected chi connectivity index (χ0v) is 14.4. The molecule has 3 unspecified atom stereocenters. The lowest BCUT2D eigenvalue weighted by Crippen LogP contribution is -2.47. The molecule has 1 fully saturated rings. The van der Waals surface area contributed by atoms with Crippen LogP contribution in [-0.2, 0) is 4.74 Å². The first-order valence-electron chi connectivity index (χ1n) is 6.48. The number of hydrogen-bond donors (Lipinski definition) is 1. The topological polar surface area (TPSA) is 51.6 Å². The van der Waals surface area contributed by atoms with Crippen LogP contribution < -0.4 is 5.73 Å². The zero-order valence-electron chi connectivity index (χ0n) is 11.2. The molecule has 0 aliphatic carbocycles. The summed E-state index contributed by atoms with van der Waals surface area (Å²) in [4.78, 5) is 2.35. The standard InChI is InChI=1S/C13H20Br2N2O2/c1-8-3-4-17(7-12(8)18-2)10(6-16)11-5-9(14)13(15)19-11/h5,8,10,12H,3-4,6-7,16H2,1-2H3. The number of hydrogen-bond acceptors (Lipinski definition) is 4. The van der Waals surface area contributed by atoms with Crippen LogP contribution in [0.25, 0.3) is 0 Å². The van der Waals surface area contributed by atoms with Crippen LogP contribution in [0, 0.1) is 5.92 Å². The lowest BCUT2D eigenvalue weighted by molar-refractivity contribution is -0.0211. The molecule has 1 aromatic heterocycles. The van der Waals surface area contributed by atoms with E-state index in [0.29, 0.717) is 12.5 Å². The fraction of sp³-hybridized carbons (Fsp3) is 0.692. The third kappa shape index (κ3) is 3.42. The number of furan rings is 1. The minimum Gasteiger partial charge on any atom is -0.451 e. The van der Waals surface area contributed by atoms with Gasteiger partial charge in [0, 0.05) is 20.2 Å². The summed E-state index contributed by atoms with van der Waals surface area (Å²) in [6.45, 7) is 4.70. The number of methoxy groups -OCH3 is 1. The van der Waals surface area contributed by atoms with Crippen molar-refractivity contribution in [2.45, 2.75) is 25.5 Å². The van der Waals surface area contributed by atoms with E-state index in [2.05, 4.69) is 43.7 Å². The average Bonchev–Trinajstić information content (AvgIpc) is 2.72. The number of halogens is 2. The van der Waals surface area contributed by atoms with Gasteiger partial charge in [-0.05, 0) is 56.8 Å². The van der Waals surface area contributed by atoms with E-state index in [9.17, 15) is 0 Å². The molecule has 4 nitrogen and oxygen atoms in total. The van der Waals surface area contributed by atoms with E-state index in [4.69, 9.17) is 14.9 Å². The first kappa shape index (κ1) is 15.5. The molecule has 0 amide bonds. The van der Waals surface area contributed by atoms with Gasteiger partial charge >= 0.3 is 0 Å². The molecule has 2 N–H and O–H groups in total. The SMILES string of the molecule is COC1CN(C(CN)c2cc(Br)c(Br)o2)CCC1C. The van der Waals surface area contributed by atoms with Gasteiger partial charge in [-0.2, -0.15) is 0 Å².